The van der Waals surface area contributed by atoms with Gasteiger partial charge in [0.1, 0.15) is 0 Å². The van der Waals surface area contributed by atoms with E-state index in [1.165, 1.54) is 0 Å². The molecule has 98 valence electrons. The molecule has 0 aliphatic carbocycles. The second-order valence-corrected chi connectivity index (χ2v) is 5.03. The summed E-state index contributed by atoms with van der Waals surface area (Å²) in [6, 6.07) is 8.12. The highest BCUT2D eigenvalue weighted by atomic mass is 16.4. The number of benzene rings is 1. The summed E-state index contributed by atoms with van der Waals surface area (Å²) in [5.41, 5.74) is 2.19. The molecule has 4 heteroatoms. The second kappa shape index (κ2) is 5.50. The number of hydrogen-bond acceptors (Lipinski definition) is 3. The van der Waals surface area contributed by atoms with Crippen LogP contribution in [-0.4, -0.2) is 28.8 Å². The first-order valence-electron chi connectivity index (χ1n) is 6.29. The minimum atomic E-state index is -0.731. The van der Waals surface area contributed by atoms with Crippen molar-refractivity contribution in [2.24, 2.45) is 5.92 Å². The predicted molar refractivity (Wildman–Crippen MR) is 68.3 cm³/mol. The van der Waals surface area contributed by atoms with E-state index in [0.29, 0.717) is 19.4 Å². The lowest BCUT2D eigenvalue weighted by atomic mass is 9.97. The molecule has 2 rings (SSSR count). The zero-order valence-electron chi connectivity index (χ0n) is 10.5. The van der Waals surface area contributed by atoms with Crippen molar-refractivity contribution in [2.75, 3.05) is 6.54 Å². The largest absolute Gasteiger partial charge is 0.481 e. The predicted octanol–water partition coefficient (Wildman–Crippen LogP) is 1.35. The van der Waals surface area contributed by atoms with Gasteiger partial charge in [0.05, 0.1) is 12.0 Å². The van der Waals surface area contributed by atoms with Gasteiger partial charge in [0.2, 0.25) is 0 Å². The van der Waals surface area contributed by atoms with Crippen molar-refractivity contribution in [3.05, 3.63) is 35.4 Å². The van der Waals surface area contributed by atoms with Gasteiger partial charge < -0.3 is 15.5 Å². The molecule has 0 amide bonds. The summed E-state index contributed by atoms with van der Waals surface area (Å²) >= 11 is 0. The Kier molecular flexibility index (Phi) is 3.99. The molecular formula is C14H19NO3. The number of nitrogens with one attached hydrogen (secondary N) is 1. The molecule has 3 N–H and O–H groups in total. The molecule has 1 heterocycles. The van der Waals surface area contributed by atoms with Crippen LogP contribution in [0.4, 0.5) is 0 Å². The molecule has 3 atom stereocenters. The zero-order chi connectivity index (χ0) is 13.1. The quantitative estimate of drug-likeness (QED) is 0.753. The Bertz CT molecular complexity index is 431. The number of carbonyl (C=O) groups is 1. The molecule has 1 fully saturated rings. The molecule has 1 aromatic carbocycles. The molecule has 4 nitrogen and oxygen atoms in total. The summed E-state index contributed by atoms with van der Waals surface area (Å²) in [7, 11) is 0. The highest BCUT2D eigenvalue weighted by Crippen LogP contribution is 2.27. The highest BCUT2D eigenvalue weighted by Gasteiger charge is 2.30. The van der Waals surface area contributed by atoms with Crippen molar-refractivity contribution in [1.29, 1.82) is 0 Å². The fourth-order valence-electron chi connectivity index (χ4n) is 2.46. The minimum absolute atomic E-state index is 0.111. The number of aliphatic hydroxyl groups excluding tert-OH is 1. The molecular weight excluding hydrogens is 230 g/mol. The first kappa shape index (κ1) is 13.1. The van der Waals surface area contributed by atoms with E-state index in [9.17, 15) is 9.90 Å². The monoisotopic (exact) mass is 249 g/mol. The summed E-state index contributed by atoms with van der Waals surface area (Å²) in [5, 5.41) is 21.6. The summed E-state index contributed by atoms with van der Waals surface area (Å²) in [6.07, 6.45) is 0.902. The number of carboxylic acids is 1. The van der Waals surface area contributed by atoms with E-state index >= 15 is 0 Å². The SMILES string of the molecule is CC(O)Cc1cccc(C2CC(C(=O)O)CN2)c1. The lowest BCUT2D eigenvalue weighted by molar-refractivity contribution is -0.141. The Hall–Kier alpha value is -1.39. The Labute approximate surface area is 107 Å². The molecule has 0 bridgehead atoms. The molecule has 0 spiro atoms. The van der Waals surface area contributed by atoms with Crippen molar-refractivity contribution < 1.29 is 15.0 Å². The van der Waals surface area contributed by atoms with Gasteiger partial charge >= 0.3 is 5.97 Å². The van der Waals surface area contributed by atoms with Crippen LogP contribution in [0.25, 0.3) is 0 Å². The van der Waals surface area contributed by atoms with E-state index in [2.05, 4.69) is 11.4 Å². The van der Waals surface area contributed by atoms with Crippen LogP contribution in [0.3, 0.4) is 0 Å². The molecule has 3 unspecified atom stereocenters. The topological polar surface area (TPSA) is 69.6 Å². The maximum Gasteiger partial charge on any atom is 0.307 e. The van der Waals surface area contributed by atoms with Gasteiger partial charge in [-0.1, -0.05) is 24.3 Å². The van der Waals surface area contributed by atoms with Crippen molar-refractivity contribution >= 4 is 5.97 Å². The maximum absolute atomic E-state index is 10.9. The van der Waals surface area contributed by atoms with Crippen LogP contribution in [0.15, 0.2) is 24.3 Å². The minimum Gasteiger partial charge on any atom is -0.481 e. The number of rotatable bonds is 4. The van der Waals surface area contributed by atoms with Crippen LogP contribution < -0.4 is 5.32 Å². The molecule has 0 aromatic heterocycles. The summed E-state index contributed by atoms with van der Waals surface area (Å²) < 4.78 is 0. The smallest absolute Gasteiger partial charge is 0.307 e. The Morgan fingerprint density at radius 1 is 1.56 bits per heavy atom. The summed E-state index contributed by atoms with van der Waals surface area (Å²) in [5.74, 6) is -1.03. The van der Waals surface area contributed by atoms with Crippen LogP contribution in [0.5, 0.6) is 0 Å². The fourth-order valence-corrected chi connectivity index (χ4v) is 2.46. The standard InChI is InChI=1S/C14H19NO3/c1-9(16)5-10-3-2-4-11(6-10)13-7-12(8-15-13)14(17)18/h2-4,6,9,12-13,15-16H,5,7-8H2,1H3,(H,17,18). The van der Waals surface area contributed by atoms with Crippen molar-refractivity contribution in [2.45, 2.75) is 31.9 Å². The van der Waals surface area contributed by atoms with E-state index < -0.39 is 5.97 Å². The van der Waals surface area contributed by atoms with Crippen LogP contribution in [-0.2, 0) is 11.2 Å². The van der Waals surface area contributed by atoms with E-state index in [-0.39, 0.29) is 18.1 Å². The highest BCUT2D eigenvalue weighted by molar-refractivity contribution is 5.70. The van der Waals surface area contributed by atoms with Crippen LogP contribution in [0.2, 0.25) is 0 Å². The average Bonchev–Trinajstić information content (AvgIpc) is 2.77. The third-order valence-corrected chi connectivity index (χ3v) is 3.36. The van der Waals surface area contributed by atoms with E-state index in [1.54, 1.807) is 6.92 Å². The number of carboxylic acid groups (broad SMARTS) is 1. The van der Waals surface area contributed by atoms with Gasteiger partial charge in [-0.05, 0) is 30.9 Å². The summed E-state index contributed by atoms with van der Waals surface area (Å²) in [6.45, 7) is 2.29. The van der Waals surface area contributed by atoms with Crippen LogP contribution >= 0.6 is 0 Å². The maximum atomic E-state index is 10.9. The normalized spacial score (nSPS) is 25.0. The van der Waals surface area contributed by atoms with Crippen molar-refractivity contribution in [1.82, 2.24) is 5.32 Å². The van der Waals surface area contributed by atoms with E-state index in [0.717, 1.165) is 11.1 Å². The molecule has 1 aliphatic rings. The average molecular weight is 249 g/mol. The van der Waals surface area contributed by atoms with Gasteiger partial charge in [0.15, 0.2) is 0 Å². The molecule has 1 aromatic rings. The first-order valence-corrected chi connectivity index (χ1v) is 6.29. The van der Waals surface area contributed by atoms with E-state index in [1.807, 2.05) is 18.2 Å². The van der Waals surface area contributed by atoms with Gasteiger partial charge in [0, 0.05) is 12.6 Å². The molecule has 1 saturated heterocycles. The third kappa shape index (κ3) is 3.09. The molecule has 1 aliphatic heterocycles. The Balaban J connectivity index is 2.07. The van der Waals surface area contributed by atoms with Gasteiger partial charge in [0.25, 0.3) is 0 Å². The lowest BCUT2D eigenvalue weighted by Crippen LogP contribution is -2.17. The van der Waals surface area contributed by atoms with Crippen molar-refractivity contribution in [3.63, 3.8) is 0 Å². The molecule has 18 heavy (non-hydrogen) atoms. The third-order valence-electron chi connectivity index (χ3n) is 3.36. The lowest BCUT2D eigenvalue weighted by Gasteiger charge is -2.13. The van der Waals surface area contributed by atoms with E-state index in [4.69, 9.17) is 5.11 Å². The van der Waals surface area contributed by atoms with Gasteiger partial charge in [-0.3, -0.25) is 4.79 Å². The summed E-state index contributed by atoms with van der Waals surface area (Å²) in [4.78, 5) is 10.9. The van der Waals surface area contributed by atoms with Gasteiger partial charge in [-0.25, -0.2) is 0 Å². The first-order chi connectivity index (χ1) is 8.56. The fraction of sp³-hybridized carbons (Fsp3) is 0.500. The molecule has 0 saturated carbocycles. The van der Waals surface area contributed by atoms with Crippen molar-refractivity contribution in [3.8, 4) is 0 Å². The van der Waals surface area contributed by atoms with Crippen LogP contribution in [0.1, 0.15) is 30.5 Å². The number of hydrogen-bond donors (Lipinski definition) is 3. The second-order valence-electron chi connectivity index (χ2n) is 5.03. The van der Waals surface area contributed by atoms with Crippen LogP contribution in [0, 0.1) is 5.92 Å². The molecule has 0 radical (unpaired) electrons. The number of aliphatic hydroxyl groups is 1. The van der Waals surface area contributed by atoms with Gasteiger partial charge in [-0.15, -0.1) is 0 Å². The Morgan fingerprint density at radius 3 is 2.94 bits per heavy atom. The van der Waals surface area contributed by atoms with Gasteiger partial charge in [-0.2, -0.15) is 0 Å². The number of aliphatic carboxylic acids is 1. The zero-order valence-corrected chi connectivity index (χ0v) is 10.5. The Morgan fingerprint density at radius 2 is 2.33 bits per heavy atom.